The molecule has 9 heteroatoms. The maximum absolute atomic E-state index is 10.9. The predicted octanol–water partition coefficient (Wildman–Crippen LogP) is 1.42. The molecule has 1 aromatic heterocycles. The SMILES string of the molecule is COc1cc(/C=N\Nc2nc(C)cc(C)n2)cc(OC)c1OCC(N)=O. The molecule has 1 aromatic carbocycles. The van der Waals surface area contributed by atoms with Crippen molar-refractivity contribution in [2.75, 3.05) is 26.3 Å². The summed E-state index contributed by atoms with van der Waals surface area (Å²) < 4.78 is 15.9. The van der Waals surface area contributed by atoms with Gasteiger partial charge in [0.05, 0.1) is 20.4 Å². The smallest absolute Gasteiger partial charge is 0.255 e. The summed E-state index contributed by atoms with van der Waals surface area (Å²) in [6, 6.07) is 5.24. The summed E-state index contributed by atoms with van der Waals surface area (Å²) in [5.74, 6) is 0.859. The first-order valence-corrected chi connectivity index (χ1v) is 7.71. The zero-order valence-corrected chi connectivity index (χ0v) is 15.1. The Balaban J connectivity index is 2.22. The molecule has 2 rings (SSSR count). The number of nitrogens with zero attached hydrogens (tertiary/aromatic N) is 3. The van der Waals surface area contributed by atoms with Crippen molar-refractivity contribution in [2.45, 2.75) is 13.8 Å². The number of anilines is 1. The van der Waals surface area contributed by atoms with E-state index in [1.54, 1.807) is 18.3 Å². The molecule has 3 N–H and O–H groups in total. The number of amides is 1. The third-order valence-corrected chi connectivity index (χ3v) is 3.20. The quantitative estimate of drug-likeness (QED) is 0.540. The summed E-state index contributed by atoms with van der Waals surface area (Å²) in [5.41, 5.74) is 10.3. The van der Waals surface area contributed by atoms with Crippen molar-refractivity contribution in [3.05, 3.63) is 35.2 Å². The van der Waals surface area contributed by atoms with Crippen LogP contribution in [0.1, 0.15) is 17.0 Å². The fourth-order valence-electron chi connectivity index (χ4n) is 2.20. The molecular formula is C17H21N5O4. The van der Waals surface area contributed by atoms with Gasteiger partial charge in [0.2, 0.25) is 11.7 Å². The minimum atomic E-state index is -0.600. The lowest BCUT2D eigenvalue weighted by molar-refractivity contribution is -0.119. The van der Waals surface area contributed by atoms with Gasteiger partial charge in [0, 0.05) is 17.0 Å². The minimum absolute atomic E-state index is 0.286. The lowest BCUT2D eigenvalue weighted by Crippen LogP contribution is -2.20. The van der Waals surface area contributed by atoms with Gasteiger partial charge in [-0.15, -0.1) is 0 Å². The van der Waals surface area contributed by atoms with Gasteiger partial charge in [-0.05, 0) is 32.0 Å². The van der Waals surface area contributed by atoms with E-state index in [2.05, 4.69) is 20.5 Å². The molecule has 0 bridgehead atoms. The second kappa shape index (κ2) is 8.65. The van der Waals surface area contributed by atoms with Gasteiger partial charge in [-0.1, -0.05) is 0 Å². The van der Waals surface area contributed by atoms with E-state index >= 15 is 0 Å². The highest BCUT2D eigenvalue weighted by Gasteiger charge is 2.14. The topological polar surface area (TPSA) is 121 Å². The van der Waals surface area contributed by atoms with E-state index in [9.17, 15) is 4.79 Å². The molecule has 0 unspecified atom stereocenters. The van der Waals surface area contributed by atoms with Crippen LogP contribution < -0.4 is 25.4 Å². The average molecular weight is 359 g/mol. The summed E-state index contributed by atoms with van der Waals surface area (Å²) in [7, 11) is 2.96. The number of carbonyl (C=O) groups is 1. The number of ether oxygens (including phenoxy) is 3. The molecule has 0 aliphatic rings. The Morgan fingerprint density at radius 2 is 1.73 bits per heavy atom. The van der Waals surface area contributed by atoms with Crippen molar-refractivity contribution in [2.24, 2.45) is 10.8 Å². The van der Waals surface area contributed by atoms with Crippen molar-refractivity contribution in [3.63, 3.8) is 0 Å². The van der Waals surface area contributed by atoms with Crippen LogP contribution in [-0.2, 0) is 4.79 Å². The number of rotatable bonds is 8. The number of aromatic nitrogens is 2. The van der Waals surface area contributed by atoms with Crippen LogP contribution in [0.25, 0.3) is 0 Å². The van der Waals surface area contributed by atoms with E-state index in [0.29, 0.717) is 23.0 Å². The molecule has 0 atom stereocenters. The number of nitrogens with one attached hydrogen (secondary N) is 1. The Kier molecular flexibility index (Phi) is 6.31. The molecule has 0 radical (unpaired) electrons. The highest BCUT2D eigenvalue weighted by molar-refractivity contribution is 5.83. The standard InChI is InChI=1S/C17H21N5O4/c1-10-5-11(2)21-17(20-10)22-19-8-12-6-13(24-3)16(14(7-12)25-4)26-9-15(18)23/h5-8H,9H2,1-4H3,(H2,18,23)(H,20,21,22)/b19-8-. The van der Waals surface area contributed by atoms with Gasteiger partial charge in [-0.25, -0.2) is 15.4 Å². The third-order valence-electron chi connectivity index (χ3n) is 3.20. The van der Waals surface area contributed by atoms with Crippen molar-refractivity contribution in [3.8, 4) is 17.2 Å². The van der Waals surface area contributed by atoms with Crippen LogP contribution in [0.5, 0.6) is 17.2 Å². The fraction of sp³-hybridized carbons (Fsp3) is 0.294. The average Bonchev–Trinajstić information content (AvgIpc) is 2.58. The minimum Gasteiger partial charge on any atom is -0.493 e. The van der Waals surface area contributed by atoms with Crippen molar-refractivity contribution in [1.29, 1.82) is 0 Å². The van der Waals surface area contributed by atoms with E-state index in [1.807, 2.05) is 19.9 Å². The zero-order valence-electron chi connectivity index (χ0n) is 15.1. The number of hydrogen-bond acceptors (Lipinski definition) is 8. The fourth-order valence-corrected chi connectivity index (χ4v) is 2.20. The van der Waals surface area contributed by atoms with E-state index in [4.69, 9.17) is 19.9 Å². The van der Waals surface area contributed by atoms with E-state index in [1.165, 1.54) is 14.2 Å². The van der Waals surface area contributed by atoms with Crippen LogP contribution in [0.3, 0.4) is 0 Å². The van der Waals surface area contributed by atoms with Crippen molar-refractivity contribution in [1.82, 2.24) is 9.97 Å². The number of methoxy groups -OCH3 is 2. The number of primary amides is 1. The Morgan fingerprint density at radius 1 is 1.15 bits per heavy atom. The lowest BCUT2D eigenvalue weighted by Gasteiger charge is -2.14. The van der Waals surface area contributed by atoms with Gasteiger partial charge >= 0.3 is 0 Å². The monoisotopic (exact) mass is 359 g/mol. The van der Waals surface area contributed by atoms with Gasteiger partial charge < -0.3 is 19.9 Å². The van der Waals surface area contributed by atoms with E-state index < -0.39 is 5.91 Å². The first kappa shape index (κ1) is 19.0. The van der Waals surface area contributed by atoms with Crippen molar-refractivity contribution < 1.29 is 19.0 Å². The zero-order chi connectivity index (χ0) is 19.1. The summed E-state index contributed by atoms with van der Waals surface area (Å²) in [6.45, 7) is 3.47. The number of aryl methyl sites for hydroxylation is 2. The van der Waals surface area contributed by atoms with Crippen LogP contribution in [-0.4, -0.2) is 42.9 Å². The van der Waals surface area contributed by atoms with Gasteiger partial charge in [-0.3, -0.25) is 4.79 Å². The first-order valence-electron chi connectivity index (χ1n) is 7.71. The molecule has 9 nitrogen and oxygen atoms in total. The molecular weight excluding hydrogens is 338 g/mol. The third kappa shape index (κ3) is 5.07. The predicted molar refractivity (Wildman–Crippen MR) is 97.0 cm³/mol. The Bertz CT molecular complexity index is 778. The highest BCUT2D eigenvalue weighted by Crippen LogP contribution is 2.38. The molecule has 1 heterocycles. The molecule has 0 saturated heterocycles. The van der Waals surface area contributed by atoms with Crippen LogP contribution in [0.4, 0.5) is 5.95 Å². The van der Waals surface area contributed by atoms with Gasteiger partial charge in [0.25, 0.3) is 5.91 Å². The van der Waals surface area contributed by atoms with Crippen LogP contribution >= 0.6 is 0 Å². The summed E-state index contributed by atoms with van der Waals surface area (Å²) in [6.07, 6.45) is 1.56. The van der Waals surface area contributed by atoms with Gasteiger partial charge in [0.1, 0.15) is 0 Å². The second-order valence-corrected chi connectivity index (χ2v) is 5.35. The van der Waals surface area contributed by atoms with Crippen molar-refractivity contribution >= 4 is 18.1 Å². The maximum Gasteiger partial charge on any atom is 0.255 e. The number of hydrogen-bond donors (Lipinski definition) is 2. The summed E-state index contributed by atoms with van der Waals surface area (Å²) in [5, 5.41) is 4.12. The largest absolute Gasteiger partial charge is 0.493 e. The normalized spacial score (nSPS) is 10.6. The molecule has 0 fully saturated rings. The molecule has 0 aliphatic carbocycles. The number of nitrogens with two attached hydrogens (primary N) is 1. The van der Waals surface area contributed by atoms with Crippen LogP contribution in [0.2, 0.25) is 0 Å². The Labute approximate surface area is 151 Å². The second-order valence-electron chi connectivity index (χ2n) is 5.35. The molecule has 138 valence electrons. The van der Waals surface area contributed by atoms with Crippen LogP contribution in [0, 0.1) is 13.8 Å². The summed E-state index contributed by atoms with van der Waals surface area (Å²) >= 11 is 0. The molecule has 0 saturated carbocycles. The van der Waals surface area contributed by atoms with Crippen LogP contribution in [0.15, 0.2) is 23.3 Å². The maximum atomic E-state index is 10.9. The lowest BCUT2D eigenvalue weighted by atomic mass is 10.2. The molecule has 0 spiro atoms. The van der Waals surface area contributed by atoms with Gasteiger partial charge in [0.15, 0.2) is 18.1 Å². The van der Waals surface area contributed by atoms with E-state index in [0.717, 1.165) is 11.4 Å². The van der Waals surface area contributed by atoms with Gasteiger partial charge in [-0.2, -0.15) is 5.10 Å². The van der Waals surface area contributed by atoms with E-state index in [-0.39, 0.29) is 12.4 Å². The molecule has 0 aliphatic heterocycles. The molecule has 2 aromatic rings. The highest BCUT2D eigenvalue weighted by atomic mass is 16.5. The Hall–Kier alpha value is -3.36. The first-order chi connectivity index (χ1) is 12.4. The molecule has 1 amide bonds. The number of hydrazone groups is 1. The number of carbonyl (C=O) groups excluding carboxylic acids is 1. The summed E-state index contributed by atoms with van der Waals surface area (Å²) in [4.78, 5) is 19.4. The Morgan fingerprint density at radius 3 is 2.23 bits per heavy atom. The molecule has 26 heavy (non-hydrogen) atoms. The number of benzene rings is 1.